The lowest BCUT2D eigenvalue weighted by Crippen LogP contribution is -2.52. The first kappa shape index (κ1) is 26.9. The van der Waals surface area contributed by atoms with Crippen molar-refractivity contribution in [2.45, 2.75) is 36.6 Å². The molecule has 5 rings (SSSR count). The number of anilines is 1. The van der Waals surface area contributed by atoms with Crippen molar-refractivity contribution in [1.29, 1.82) is 0 Å². The van der Waals surface area contributed by atoms with Crippen molar-refractivity contribution in [1.82, 2.24) is 19.5 Å². The van der Waals surface area contributed by atoms with Gasteiger partial charge in [-0.2, -0.15) is 9.97 Å². The summed E-state index contributed by atoms with van der Waals surface area (Å²) in [7, 11) is 0. The van der Waals surface area contributed by atoms with Crippen molar-refractivity contribution in [3.63, 3.8) is 0 Å². The lowest BCUT2D eigenvalue weighted by Gasteiger charge is -2.27. The Labute approximate surface area is 228 Å². The Morgan fingerprint density at radius 1 is 1.21 bits per heavy atom. The highest BCUT2D eigenvalue weighted by molar-refractivity contribution is 7.13. The minimum atomic E-state index is -2.73. The van der Waals surface area contributed by atoms with E-state index in [0.29, 0.717) is 5.56 Å². The van der Waals surface area contributed by atoms with Crippen LogP contribution >= 0.6 is 22.9 Å². The van der Waals surface area contributed by atoms with Crippen LogP contribution in [0, 0.1) is 0 Å². The number of carboxylic acids is 2. The average Bonchev–Trinajstić information content (AvgIpc) is 3.63. The number of aliphatic hydroxyl groups excluding tert-OH is 1. The van der Waals surface area contributed by atoms with Gasteiger partial charge in [0.2, 0.25) is 5.28 Å². The molecule has 0 bridgehead atoms. The van der Waals surface area contributed by atoms with Crippen molar-refractivity contribution in [3.05, 3.63) is 59.0 Å². The zero-order valence-electron chi connectivity index (χ0n) is 19.8. The van der Waals surface area contributed by atoms with Gasteiger partial charge < -0.3 is 30.5 Å². The normalized spacial score (nSPS) is 21.4. The first-order valence-electron chi connectivity index (χ1n) is 11.5. The summed E-state index contributed by atoms with van der Waals surface area (Å²) in [5, 5.41) is 32.0. The Balaban J connectivity index is 1.35. The van der Waals surface area contributed by atoms with E-state index in [-0.39, 0.29) is 22.3 Å². The van der Waals surface area contributed by atoms with E-state index in [0.717, 1.165) is 15.0 Å². The van der Waals surface area contributed by atoms with E-state index in [2.05, 4.69) is 15.0 Å². The second-order valence-corrected chi connectivity index (χ2v) is 10.1. The summed E-state index contributed by atoms with van der Waals surface area (Å²) in [5.41, 5.74) is 4.49. The molecule has 1 aliphatic heterocycles. The highest BCUT2D eigenvalue weighted by Crippen LogP contribution is 2.35. The van der Waals surface area contributed by atoms with E-state index in [1.807, 2.05) is 17.5 Å². The number of thiophene rings is 1. The summed E-state index contributed by atoms with van der Waals surface area (Å²) in [5.74, 6) is -3.57. The van der Waals surface area contributed by atoms with Crippen molar-refractivity contribution < 1.29 is 38.8 Å². The summed E-state index contributed by atoms with van der Waals surface area (Å²) < 4.78 is 27.3. The van der Waals surface area contributed by atoms with Crippen LogP contribution in [0.1, 0.15) is 11.8 Å². The predicted molar refractivity (Wildman–Crippen MR) is 137 cm³/mol. The van der Waals surface area contributed by atoms with Crippen LogP contribution in [0.4, 0.5) is 10.2 Å². The number of aliphatic carboxylic acids is 2. The predicted octanol–water partition coefficient (Wildman–Crippen LogP) is 2.55. The number of aliphatic hydroxyl groups is 1. The molecule has 1 aliphatic rings. The molecule has 1 fully saturated rings. The summed E-state index contributed by atoms with van der Waals surface area (Å²) in [4.78, 5) is 37.2. The monoisotopic (exact) mass is 577 g/mol. The summed E-state index contributed by atoms with van der Waals surface area (Å²) in [6.45, 7) is -0.742. The molecule has 0 radical (unpaired) electrons. The van der Waals surface area contributed by atoms with E-state index in [4.69, 9.17) is 26.8 Å². The van der Waals surface area contributed by atoms with Crippen LogP contribution in [-0.4, -0.2) is 77.4 Å². The number of aromatic nitrogens is 4. The van der Waals surface area contributed by atoms with Gasteiger partial charge in [0.1, 0.15) is 17.7 Å². The number of benzene rings is 1. The number of carbonyl (C=O) groups is 2. The SMILES string of the molecule is Nc1nc(Cl)nc2c1ncn2[C@@H]1O[C@H](COC(Cc2ccc(-c3cccs3)cc2)(C(=O)O)C(=O)O)[C@@H](O)[C@@H]1F. The Hall–Kier alpha value is -3.69. The summed E-state index contributed by atoms with van der Waals surface area (Å²) in [6.07, 6.45) is -6.05. The highest BCUT2D eigenvalue weighted by Gasteiger charge is 2.52. The first-order valence-corrected chi connectivity index (χ1v) is 12.7. The number of halogens is 2. The largest absolute Gasteiger partial charge is 0.479 e. The maximum absolute atomic E-state index is 15.1. The third-order valence-corrected chi connectivity index (χ3v) is 7.47. The van der Waals surface area contributed by atoms with Crippen LogP contribution in [0.3, 0.4) is 0 Å². The van der Waals surface area contributed by atoms with E-state index < -0.39 is 55.2 Å². The number of imidazole rings is 1. The Bertz CT molecular complexity index is 1500. The van der Waals surface area contributed by atoms with Gasteiger partial charge >= 0.3 is 11.9 Å². The van der Waals surface area contributed by atoms with Crippen LogP contribution in [0.25, 0.3) is 21.6 Å². The molecule has 204 valence electrons. The maximum atomic E-state index is 15.1. The van der Waals surface area contributed by atoms with Gasteiger partial charge in [-0.05, 0) is 34.2 Å². The molecule has 1 saturated heterocycles. The lowest BCUT2D eigenvalue weighted by molar-refractivity contribution is -0.190. The van der Waals surface area contributed by atoms with Crippen molar-refractivity contribution in [3.8, 4) is 10.4 Å². The number of hydrogen-bond acceptors (Lipinski definition) is 10. The molecule has 39 heavy (non-hydrogen) atoms. The summed E-state index contributed by atoms with van der Waals surface area (Å²) in [6, 6.07) is 10.5. The highest BCUT2D eigenvalue weighted by atomic mass is 35.5. The minimum Gasteiger partial charge on any atom is -0.479 e. The zero-order chi connectivity index (χ0) is 27.9. The van der Waals surface area contributed by atoms with Gasteiger partial charge in [0.05, 0.1) is 12.9 Å². The average molecular weight is 578 g/mol. The van der Waals surface area contributed by atoms with Gasteiger partial charge in [-0.15, -0.1) is 11.3 Å². The summed E-state index contributed by atoms with van der Waals surface area (Å²) >= 11 is 7.38. The third kappa shape index (κ3) is 4.92. The molecule has 3 aromatic heterocycles. The lowest BCUT2D eigenvalue weighted by atomic mass is 9.93. The first-order chi connectivity index (χ1) is 18.6. The number of nitrogens with two attached hydrogens (primary N) is 1. The van der Waals surface area contributed by atoms with Gasteiger partial charge in [0, 0.05) is 11.3 Å². The van der Waals surface area contributed by atoms with Crippen LogP contribution in [-0.2, 0) is 25.5 Å². The number of carboxylic acid groups (broad SMARTS) is 2. The Morgan fingerprint density at radius 3 is 2.56 bits per heavy atom. The maximum Gasteiger partial charge on any atom is 0.348 e. The van der Waals surface area contributed by atoms with Gasteiger partial charge in [-0.3, -0.25) is 4.57 Å². The fraction of sp³-hybridized carbons (Fsp3) is 0.292. The molecule has 0 aliphatic carbocycles. The standard InChI is InChI=1S/C24H21ClFN5O7S/c25-23-29-18(27)16-19(30-23)31(10-28-16)20-15(26)17(32)13(38-20)9-37-24(21(33)34,22(35)36)8-11-3-5-12(6-4-11)14-2-1-7-39-14/h1-7,10,13,15,17,20,32H,8-9H2,(H,33,34)(H,35,36)(H2,27,29,30)/t13-,15+,17-,20-/m1/s1. The number of nitrogens with zero attached hydrogens (tertiary/aromatic N) is 4. The van der Waals surface area contributed by atoms with Crippen molar-refractivity contribution >= 4 is 51.9 Å². The van der Waals surface area contributed by atoms with E-state index in [1.165, 1.54) is 17.7 Å². The molecule has 12 nitrogen and oxygen atoms in total. The number of alkyl halides is 1. The fourth-order valence-electron chi connectivity index (χ4n) is 4.32. The number of nitrogen functional groups attached to an aromatic ring is 1. The quantitative estimate of drug-likeness (QED) is 0.169. The van der Waals surface area contributed by atoms with E-state index in [1.54, 1.807) is 24.3 Å². The van der Waals surface area contributed by atoms with Crippen LogP contribution in [0.2, 0.25) is 5.28 Å². The van der Waals surface area contributed by atoms with E-state index in [9.17, 15) is 24.9 Å². The molecule has 4 atom stereocenters. The number of rotatable bonds is 9. The topological polar surface area (TPSA) is 183 Å². The molecule has 5 N–H and O–H groups in total. The Morgan fingerprint density at radius 2 is 1.92 bits per heavy atom. The fourth-order valence-corrected chi connectivity index (χ4v) is 5.23. The van der Waals surface area contributed by atoms with Crippen LogP contribution in [0.15, 0.2) is 48.1 Å². The van der Waals surface area contributed by atoms with Gasteiger partial charge in [-0.25, -0.2) is 19.0 Å². The minimum absolute atomic E-state index is 0.0466. The van der Waals surface area contributed by atoms with Crippen LogP contribution in [0.5, 0.6) is 0 Å². The molecule has 1 aromatic carbocycles. The second kappa shape index (κ2) is 10.5. The molecule has 15 heteroatoms. The molecule has 4 aromatic rings. The molecule has 0 spiro atoms. The second-order valence-electron chi connectivity index (χ2n) is 8.80. The smallest absolute Gasteiger partial charge is 0.348 e. The number of ether oxygens (including phenoxy) is 2. The molecule has 4 heterocycles. The van der Waals surface area contributed by atoms with Crippen molar-refractivity contribution in [2.75, 3.05) is 12.3 Å². The van der Waals surface area contributed by atoms with E-state index >= 15 is 4.39 Å². The van der Waals surface area contributed by atoms with Crippen LogP contribution < -0.4 is 5.73 Å². The number of fused-ring (bicyclic) bond motifs is 1. The molecule has 0 saturated carbocycles. The third-order valence-electron chi connectivity index (χ3n) is 6.39. The van der Waals surface area contributed by atoms with Crippen molar-refractivity contribution in [2.24, 2.45) is 0 Å². The van der Waals surface area contributed by atoms with Gasteiger partial charge in [0.25, 0.3) is 5.60 Å². The Kier molecular flexibility index (Phi) is 7.22. The number of hydrogen-bond donors (Lipinski definition) is 4. The molecular weight excluding hydrogens is 557 g/mol. The molecular formula is C24H21ClFN5O7S. The zero-order valence-corrected chi connectivity index (χ0v) is 21.4. The van der Waals surface area contributed by atoms with Gasteiger partial charge in [0.15, 0.2) is 23.9 Å². The van der Waals surface area contributed by atoms with Gasteiger partial charge in [-0.1, -0.05) is 30.3 Å². The molecule has 0 amide bonds. The molecule has 0 unspecified atom stereocenters.